The SMILES string of the molecule is CC1(C)CC(n2ncc3c(cnn3CCN3CCOCC3)c2=O)CC(C)(C)C1. The monoisotopic (exact) mass is 387 g/mol. The molecule has 1 saturated carbocycles. The normalized spacial score (nSPS) is 23.3. The number of ether oxygens (including phenoxy) is 1. The second-order valence-electron chi connectivity index (χ2n) is 10.1. The number of fused-ring (bicyclic) bond motifs is 1. The van der Waals surface area contributed by atoms with E-state index in [0.29, 0.717) is 5.39 Å². The highest BCUT2D eigenvalue weighted by Crippen LogP contribution is 2.49. The average molecular weight is 388 g/mol. The zero-order valence-corrected chi connectivity index (χ0v) is 17.6. The van der Waals surface area contributed by atoms with Crippen molar-refractivity contribution in [3.05, 3.63) is 22.7 Å². The van der Waals surface area contributed by atoms with Crippen molar-refractivity contribution in [2.45, 2.75) is 59.5 Å². The molecule has 1 aliphatic heterocycles. The van der Waals surface area contributed by atoms with Crippen LogP contribution in [0.3, 0.4) is 0 Å². The van der Waals surface area contributed by atoms with E-state index in [2.05, 4.69) is 42.8 Å². The van der Waals surface area contributed by atoms with Crippen molar-refractivity contribution in [2.24, 2.45) is 10.8 Å². The summed E-state index contributed by atoms with van der Waals surface area (Å²) >= 11 is 0. The Kier molecular flexibility index (Phi) is 5.08. The van der Waals surface area contributed by atoms with Crippen molar-refractivity contribution in [3.8, 4) is 0 Å². The zero-order valence-electron chi connectivity index (χ0n) is 17.6. The van der Waals surface area contributed by atoms with Gasteiger partial charge in [-0.15, -0.1) is 0 Å². The van der Waals surface area contributed by atoms with Crippen LogP contribution in [-0.2, 0) is 11.3 Å². The van der Waals surface area contributed by atoms with E-state index in [4.69, 9.17) is 4.74 Å². The molecule has 7 nitrogen and oxygen atoms in total. The van der Waals surface area contributed by atoms with E-state index in [9.17, 15) is 4.79 Å². The molecule has 0 spiro atoms. The molecule has 7 heteroatoms. The van der Waals surface area contributed by atoms with Crippen molar-refractivity contribution in [1.82, 2.24) is 24.5 Å². The van der Waals surface area contributed by atoms with Gasteiger partial charge in [0.25, 0.3) is 5.56 Å². The molecule has 2 fully saturated rings. The first-order valence-electron chi connectivity index (χ1n) is 10.5. The van der Waals surface area contributed by atoms with E-state index in [0.717, 1.165) is 57.8 Å². The first-order valence-corrected chi connectivity index (χ1v) is 10.5. The maximum absolute atomic E-state index is 13.2. The summed E-state index contributed by atoms with van der Waals surface area (Å²) in [7, 11) is 0. The number of nitrogens with zero attached hydrogens (tertiary/aromatic N) is 5. The van der Waals surface area contributed by atoms with Crippen LogP contribution in [0.25, 0.3) is 10.9 Å². The standard InChI is InChI=1S/C21H33N5O2/c1-20(2)11-16(12-21(3,4)15-20)26-19(27)17-13-22-25(18(17)14-23-26)6-5-24-7-9-28-10-8-24/h13-14,16H,5-12,15H2,1-4H3. The lowest BCUT2D eigenvalue weighted by Crippen LogP contribution is -2.39. The van der Waals surface area contributed by atoms with Gasteiger partial charge in [0.2, 0.25) is 0 Å². The Morgan fingerprint density at radius 2 is 1.71 bits per heavy atom. The summed E-state index contributed by atoms with van der Waals surface area (Å²) < 4.78 is 9.04. The quantitative estimate of drug-likeness (QED) is 0.807. The molecular formula is C21H33N5O2. The fourth-order valence-corrected chi connectivity index (χ4v) is 5.45. The minimum absolute atomic E-state index is 0.00591. The van der Waals surface area contributed by atoms with E-state index in [1.807, 2.05) is 10.9 Å². The number of aromatic nitrogens is 4. The van der Waals surface area contributed by atoms with E-state index in [1.54, 1.807) is 10.9 Å². The summed E-state index contributed by atoms with van der Waals surface area (Å²) in [6.07, 6.45) is 6.69. The van der Waals surface area contributed by atoms with Crippen molar-refractivity contribution in [2.75, 3.05) is 32.8 Å². The van der Waals surface area contributed by atoms with Crippen molar-refractivity contribution in [3.63, 3.8) is 0 Å². The summed E-state index contributed by atoms with van der Waals surface area (Å²) in [5.74, 6) is 0. The molecule has 2 aliphatic rings. The minimum atomic E-state index is -0.00591. The van der Waals surface area contributed by atoms with Crippen molar-refractivity contribution < 1.29 is 4.74 Å². The molecule has 0 N–H and O–H groups in total. The molecule has 3 heterocycles. The van der Waals surface area contributed by atoms with Gasteiger partial charge in [-0.3, -0.25) is 14.4 Å². The Labute approximate surface area is 166 Å². The van der Waals surface area contributed by atoms with Gasteiger partial charge in [-0.05, 0) is 30.1 Å². The second-order valence-corrected chi connectivity index (χ2v) is 10.1. The van der Waals surface area contributed by atoms with E-state index < -0.39 is 0 Å². The Morgan fingerprint density at radius 3 is 2.39 bits per heavy atom. The summed E-state index contributed by atoms with van der Waals surface area (Å²) in [4.78, 5) is 15.6. The number of hydrogen-bond acceptors (Lipinski definition) is 5. The molecular weight excluding hydrogens is 354 g/mol. The third-order valence-electron chi connectivity index (χ3n) is 6.23. The molecule has 28 heavy (non-hydrogen) atoms. The van der Waals surface area contributed by atoms with Crippen LogP contribution in [0.15, 0.2) is 17.2 Å². The molecule has 0 amide bonds. The molecule has 2 aromatic heterocycles. The number of hydrogen-bond donors (Lipinski definition) is 0. The molecule has 0 bridgehead atoms. The van der Waals surface area contributed by atoms with E-state index in [1.165, 1.54) is 6.42 Å². The Morgan fingerprint density at radius 1 is 1.04 bits per heavy atom. The van der Waals surface area contributed by atoms with Crippen LogP contribution in [-0.4, -0.2) is 57.3 Å². The molecule has 0 aromatic carbocycles. The van der Waals surface area contributed by atoms with Crippen LogP contribution >= 0.6 is 0 Å². The fraction of sp³-hybridized carbons (Fsp3) is 0.762. The van der Waals surface area contributed by atoms with Gasteiger partial charge in [-0.1, -0.05) is 27.7 Å². The molecule has 0 unspecified atom stereocenters. The Balaban J connectivity index is 1.57. The maximum Gasteiger partial charge on any atom is 0.278 e. The number of morpholine rings is 1. The van der Waals surface area contributed by atoms with Gasteiger partial charge in [-0.2, -0.15) is 10.2 Å². The molecule has 1 aliphatic carbocycles. The second kappa shape index (κ2) is 7.26. The van der Waals surface area contributed by atoms with Gasteiger partial charge in [0.15, 0.2) is 0 Å². The van der Waals surface area contributed by atoms with Gasteiger partial charge in [-0.25, -0.2) is 4.68 Å². The molecule has 2 aromatic rings. The van der Waals surface area contributed by atoms with Gasteiger partial charge in [0, 0.05) is 19.6 Å². The summed E-state index contributed by atoms with van der Waals surface area (Å²) in [5, 5.41) is 9.77. The molecule has 4 rings (SSSR count). The Hall–Kier alpha value is -1.73. The smallest absolute Gasteiger partial charge is 0.278 e. The van der Waals surface area contributed by atoms with Gasteiger partial charge in [0.1, 0.15) is 0 Å². The number of rotatable bonds is 4. The third kappa shape index (κ3) is 4.01. The molecule has 154 valence electrons. The van der Waals surface area contributed by atoms with Crippen LogP contribution in [0.2, 0.25) is 0 Å². The van der Waals surface area contributed by atoms with Crippen molar-refractivity contribution >= 4 is 10.9 Å². The lowest BCUT2D eigenvalue weighted by atomic mass is 9.63. The lowest BCUT2D eigenvalue weighted by molar-refractivity contribution is 0.0361. The van der Waals surface area contributed by atoms with Gasteiger partial charge in [0.05, 0.1) is 49.1 Å². The topological polar surface area (TPSA) is 65.2 Å². The summed E-state index contributed by atoms with van der Waals surface area (Å²) in [6.45, 7) is 14.4. The predicted molar refractivity (Wildman–Crippen MR) is 109 cm³/mol. The van der Waals surface area contributed by atoms with E-state index in [-0.39, 0.29) is 22.4 Å². The van der Waals surface area contributed by atoms with Crippen LogP contribution in [0.4, 0.5) is 0 Å². The Bertz CT molecular complexity index is 876. The fourth-order valence-electron chi connectivity index (χ4n) is 5.45. The summed E-state index contributed by atoms with van der Waals surface area (Å²) in [5.41, 5.74) is 1.26. The first-order chi connectivity index (χ1) is 13.2. The van der Waals surface area contributed by atoms with Gasteiger partial charge < -0.3 is 4.74 Å². The van der Waals surface area contributed by atoms with E-state index >= 15 is 0 Å². The minimum Gasteiger partial charge on any atom is -0.379 e. The van der Waals surface area contributed by atoms with Crippen LogP contribution < -0.4 is 5.56 Å². The third-order valence-corrected chi connectivity index (χ3v) is 6.23. The lowest BCUT2D eigenvalue weighted by Gasteiger charge is -2.44. The zero-order chi connectivity index (χ0) is 19.9. The van der Waals surface area contributed by atoms with Crippen molar-refractivity contribution in [1.29, 1.82) is 0 Å². The molecule has 0 radical (unpaired) electrons. The van der Waals surface area contributed by atoms with Crippen LogP contribution in [0, 0.1) is 10.8 Å². The largest absolute Gasteiger partial charge is 0.379 e. The summed E-state index contributed by atoms with van der Waals surface area (Å²) in [6, 6.07) is 0.146. The van der Waals surface area contributed by atoms with Crippen LogP contribution in [0.1, 0.15) is 53.0 Å². The van der Waals surface area contributed by atoms with Gasteiger partial charge >= 0.3 is 0 Å². The first kappa shape index (κ1) is 19.6. The molecule has 1 saturated heterocycles. The average Bonchev–Trinajstić information content (AvgIpc) is 3.02. The van der Waals surface area contributed by atoms with Crippen LogP contribution in [0.5, 0.6) is 0 Å². The predicted octanol–water partition coefficient (Wildman–Crippen LogP) is 2.70. The maximum atomic E-state index is 13.2. The highest BCUT2D eigenvalue weighted by Gasteiger charge is 2.40. The highest BCUT2D eigenvalue weighted by molar-refractivity contribution is 5.76. The highest BCUT2D eigenvalue weighted by atomic mass is 16.5. The molecule has 0 atom stereocenters.